The normalized spacial score (nSPS) is 20.8. The Labute approximate surface area is 197 Å². The summed E-state index contributed by atoms with van der Waals surface area (Å²) in [6, 6.07) is 9.77. The van der Waals surface area contributed by atoms with E-state index in [1.54, 1.807) is 12.4 Å². The zero-order valence-corrected chi connectivity index (χ0v) is 18.7. The first kappa shape index (κ1) is 25.0. The van der Waals surface area contributed by atoms with Gasteiger partial charge < -0.3 is 20.3 Å². The molecule has 180 valence electrons. The number of carboxylic acid groups (broad SMARTS) is 2. The van der Waals surface area contributed by atoms with E-state index in [0.29, 0.717) is 12.2 Å². The van der Waals surface area contributed by atoms with Gasteiger partial charge in [0.1, 0.15) is 17.3 Å². The lowest BCUT2D eigenvalue weighted by molar-refractivity contribution is -0.134. The Morgan fingerprint density at radius 2 is 1.88 bits per heavy atom. The molecule has 0 amide bonds. The molecule has 1 aromatic carbocycles. The van der Waals surface area contributed by atoms with Gasteiger partial charge in [0.25, 0.3) is 0 Å². The molecule has 5 N–H and O–H groups in total. The summed E-state index contributed by atoms with van der Waals surface area (Å²) >= 11 is 0. The van der Waals surface area contributed by atoms with Crippen LogP contribution in [0, 0.1) is 0 Å². The van der Waals surface area contributed by atoms with Crippen LogP contribution in [-0.4, -0.2) is 74.6 Å². The molecule has 1 saturated heterocycles. The number of nitrogens with one attached hydrogen (secondary N) is 1. The molecule has 1 fully saturated rings. The van der Waals surface area contributed by atoms with Crippen molar-refractivity contribution in [2.45, 2.75) is 31.7 Å². The van der Waals surface area contributed by atoms with E-state index in [0.717, 1.165) is 49.0 Å². The first-order valence-corrected chi connectivity index (χ1v) is 10.9. The van der Waals surface area contributed by atoms with Gasteiger partial charge in [-0.2, -0.15) is 0 Å². The molecule has 0 aliphatic carbocycles. The number of piperazine rings is 1. The summed E-state index contributed by atoms with van der Waals surface area (Å²) in [5, 5.41) is 19.1. The van der Waals surface area contributed by atoms with Gasteiger partial charge in [0.15, 0.2) is 6.23 Å². The van der Waals surface area contributed by atoms with Crippen molar-refractivity contribution in [2.75, 3.05) is 19.6 Å². The van der Waals surface area contributed by atoms with E-state index in [9.17, 15) is 9.59 Å². The molecular weight excluding hydrogens is 440 g/mol. The Bertz CT molecular complexity index is 1030. The monoisotopic (exact) mass is 468 g/mol. The number of nitrogens with zero attached hydrogens (tertiary/aromatic N) is 4. The molecule has 3 atom stereocenters. The molecule has 0 radical (unpaired) electrons. The Hall–Kier alpha value is -3.67. The van der Waals surface area contributed by atoms with Crippen molar-refractivity contribution in [3.8, 4) is 5.75 Å². The SMILES string of the molecule is CCC(C1=Nc2ccccc2OC1N)N1CCNCC1c1ncccn1.O=C(O)C=CC(=O)O. The average Bonchev–Trinajstić information content (AvgIpc) is 2.85. The Morgan fingerprint density at radius 3 is 2.53 bits per heavy atom. The van der Waals surface area contributed by atoms with Crippen molar-refractivity contribution in [2.24, 2.45) is 10.7 Å². The topological polar surface area (TPSA) is 163 Å². The van der Waals surface area contributed by atoms with Crippen LogP contribution in [0.1, 0.15) is 25.2 Å². The minimum absolute atomic E-state index is 0.0780. The number of aliphatic imine (C=N–C) groups is 1. The van der Waals surface area contributed by atoms with Gasteiger partial charge in [0, 0.05) is 44.2 Å². The maximum Gasteiger partial charge on any atom is 0.328 e. The first-order chi connectivity index (χ1) is 16.4. The summed E-state index contributed by atoms with van der Waals surface area (Å²) < 4.78 is 5.93. The molecule has 11 nitrogen and oxygen atoms in total. The summed E-state index contributed by atoms with van der Waals surface area (Å²) in [7, 11) is 0. The number of aliphatic carboxylic acids is 2. The number of ether oxygens (including phenoxy) is 1. The first-order valence-electron chi connectivity index (χ1n) is 10.9. The fourth-order valence-corrected chi connectivity index (χ4v) is 3.88. The van der Waals surface area contributed by atoms with E-state index in [1.807, 2.05) is 30.3 Å². The van der Waals surface area contributed by atoms with E-state index >= 15 is 0 Å². The van der Waals surface area contributed by atoms with Crippen LogP contribution >= 0.6 is 0 Å². The van der Waals surface area contributed by atoms with Crippen molar-refractivity contribution in [3.05, 3.63) is 60.7 Å². The highest BCUT2D eigenvalue weighted by Gasteiger charge is 2.37. The molecule has 4 rings (SSSR count). The zero-order valence-electron chi connectivity index (χ0n) is 18.7. The summed E-state index contributed by atoms with van der Waals surface area (Å²) in [6.07, 6.45) is 5.05. The number of fused-ring (bicyclic) bond motifs is 1. The highest BCUT2D eigenvalue weighted by atomic mass is 16.5. The predicted molar refractivity (Wildman–Crippen MR) is 125 cm³/mol. The van der Waals surface area contributed by atoms with Crippen LogP contribution in [0.15, 0.2) is 59.9 Å². The third-order valence-electron chi connectivity index (χ3n) is 5.33. The van der Waals surface area contributed by atoms with Crippen molar-refractivity contribution >= 4 is 23.3 Å². The maximum atomic E-state index is 9.55. The van der Waals surface area contributed by atoms with Gasteiger partial charge in [-0.25, -0.2) is 24.5 Å². The van der Waals surface area contributed by atoms with E-state index in [-0.39, 0.29) is 12.1 Å². The van der Waals surface area contributed by atoms with Crippen LogP contribution in [-0.2, 0) is 9.59 Å². The van der Waals surface area contributed by atoms with Crippen LogP contribution in [0.25, 0.3) is 0 Å². The Kier molecular flexibility index (Phi) is 8.79. The van der Waals surface area contributed by atoms with Gasteiger partial charge in [-0.15, -0.1) is 0 Å². The van der Waals surface area contributed by atoms with Gasteiger partial charge in [-0.3, -0.25) is 10.6 Å². The lowest BCUT2D eigenvalue weighted by atomic mass is 10.00. The van der Waals surface area contributed by atoms with Gasteiger partial charge in [0.2, 0.25) is 0 Å². The maximum absolute atomic E-state index is 9.55. The van der Waals surface area contributed by atoms with Crippen molar-refractivity contribution in [1.82, 2.24) is 20.2 Å². The third kappa shape index (κ3) is 6.44. The van der Waals surface area contributed by atoms with Crippen molar-refractivity contribution in [3.63, 3.8) is 0 Å². The number of hydrogen-bond acceptors (Lipinski definition) is 9. The highest BCUT2D eigenvalue weighted by molar-refractivity contribution is 5.97. The summed E-state index contributed by atoms with van der Waals surface area (Å²) in [5.74, 6) is -0.953. The summed E-state index contributed by atoms with van der Waals surface area (Å²) in [4.78, 5) is 35.3. The fraction of sp³-hybridized carbons (Fsp3) is 0.348. The molecule has 11 heteroatoms. The molecular formula is C23H28N6O5. The van der Waals surface area contributed by atoms with Crippen molar-refractivity contribution < 1.29 is 24.5 Å². The Balaban J connectivity index is 0.000000350. The van der Waals surface area contributed by atoms with Crippen molar-refractivity contribution in [1.29, 1.82) is 0 Å². The average molecular weight is 469 g/mol. The predicted octanol–water partition coefficient (Wildman–Crippen LogP) is 1.36. The van der Waals surface area contributed by atoms with E-state index in [1.165, 1.54) is 0 Å². The number of benzene rings is 1. The second-order valence-electron chi connectivity index (χ2n) is 7.54. The Morgan fingerprint density at radius 1 is 1.21 bits per heavy atom. The lowest BCUT2D eigenvalue weighted by Crippen LogP contribution is -2.57. The number of nitrogens with two attached hydrogens (primary N) is 1. The molecule has 2 aliphatic rings. The van der Waals surface area contributed by atoms with Crippen LogP contribution in [0.2, 0.25) is 0 Å². The standard InChI is InChI=1S/C19H24N6O.C4H4O4/c1-2-14(17-18(20)26-16-7-4-3-6-13(16)24-17)25-11-10-21-12-15(25)19-22-8-5-9-23-19;5-3(6)1-2-4(7)8/h3-9,14-15,18,21H,2,10-12,20H2,1H3;1-2H,(H,5,6)(H,7,8). The van der Waals surface area contributed by atoms with E-state index in [4.69, 9.17) is 25.7 Å². The number of carbonyl (C=O) groups is 2. The van der Waals surface area contributed by atoms with Gasteiger partial charge in [-0.05, 0) is 24.6 Å². The van der Waals surface area contributed by atoms with E-state index in [2.05, 4.69) is 27.1 Å². The molecule has 0 bridgehead atoms. The number of rotatable bonds is 6. The highest BCUT2D eigenvalue weighted by Crippen LogP contribution is 2.34. The number of para-hydroxylation sites is 2. The molecule has 34 heavy (non-hydrogen) atoms. The molecule has 2 aromatic rings. The molecule has 0 spiro atoms. The number of aromatic nitrogens is 2. The smallest absolute Gasteiger partial charge is 0.328 e. The second kappa shape index (κ2) is 12.0. The minimum atomic E-state index is -1.26. The largest absolute Gasteiger partial charge is 0.478 e. The van der Waals surface area contributed by atoms with Gasteiger partial charge in [-0.1, -0.05) is 19.1 Å². The second-order valence-corrected chi connectivity index (χ2v) is 7.54. The van der Waals surface area contributed by atoms with Crippen LogP contribution in [0.4, 0.5) is 5.69 Å². The molecule has 0 saturated carbocycles. The quantitative estimate of drug-likeness (QED) is 0.455. The molecule has 3 unspecified atom stereocenters. The number of carboxylic acids is 2. The fourth-order valence-electron chi connectivity index (χ4n) is 3.88. The number of hydrogen-bond donors (Lipinski definition) is 4. The van der Waals surface area contributed by atoms with Crippen LogP contribution < -0.4 is 15.8 Å². The van der Waals surface area contributed by atoms with E-state index < -0.39 is 18.2 Å². The van der Waals surface area contributed by atoms with Gasteiger partial charge >= 0.3 is 11.9 Å². The molecule has 3 heterocycles. The molecule has 1 aromatic heterocycles. The molecule has 2 aliphatic heterocycles. The van der Waals surface area contributed by atoms with Gasteiger partial charge in [0.05, 0.1) is 17.8 Å². The van der Waals surface area contributed by atoms with Crippen LogP contribution in [0.5, 0.6) is 5.75 Å². The summed E-state index contributed by atoms with van der Waals surface area (Å²) in [6.45, 7) is 4.76. The zero-order chi connectivity index (χ0) is 24.5. The minimum Gasteiger partial charge on any atom is -0.478 e. The lowest BCUT2D eigenvalue weighted by Gasteiger charge is -2.42. The third-order valence-corrected chi connectivity index (χ3v) is 5.33. The van der Waals surface area contributed by atoms with Crippen LogP contribution in [0.3, 0.4) is 0 Å². The summed E-state index contributed by atoms with van der Waals surface area (Å²) in [5.41, 5.74) is 8.04.